The van der Waals surface area contributed by atoms with Crippen LogP contribution in [0.2, 0.25) is 0 Å². The summed E-state index contributed by atoms with van der Waals surface area (Å²) in [6.07, 6.45) is 2.94. The Morgan fingerprint density at radius 3 is 2.96 bits per heavy atom. The third-order valence-corrected chi connectivity index (χ3v) is 4.27. The molecule has 0 amide bonds. The van der Waals surface area contributed by atoms with Gasteiger partial charge in [0.1, 0.15) is 23.0 Å². The lowest BCUT2D eigenvalue weighted by atomic mass is 9.78. The summed E-state index contributed by atoms with van der Waals surface area (Å²) < 4.78 is 11.7. The molecule has 3 rings (SSSR count). The van der Waals surface area contributed by atoms with Crippen molar-refractivity contribution < 1.29 is 19.1 Å². The predicted molar refractivity (Wildman–Crippen MR) is 81.1 cm³/mol. The van der Waals surface area contributed by atoms with Crippen molar-refractivity contribution >= 4 is 11.8 Å². The Morgan fingerprint density at radius 2 is 2.29 bits per heavy atom. The maximum atomic E-state index is 12.5. The molecule has 1 aliphatic heterocycles. The lowest BCUT2D eigenvalue weighted by molar-refractivity contribution is -0.116. The van der Waals surface area contributed by atoms with Crippen LogP contribution in [0.25, 0.3) is 0 Å². The zero-order valence-electron chi connectivity index (χ0n) is 13.3. The molecule has 0 spiro atoms. The monoisotopic (exact) mass is 328 g/mol. The maximum Gasteiger partial charge on any atom is 0.341 e. The molecule has 0 saturated heterocycles. The minimum atomic E-state index is -0.784. The molecule has 1 atom stereocenters. The van der Waals surface area contributed by atoms with Gasteiger partial charge in [0.15, 0.2) is 5.78 Å². The number of Topliss-reactive ketones (excluding diaryl/α,β-unsaturated/α-hetero) is 1. The number of aryl methyl sites for hydroxylation is 1. The summed E-state index contributed by atoms with van der Waals surface area (Å²) in [4.78, 5) is 24.6. The Balaban J connectivity index is 2.26. The number of ketones is 1. The maximum absolute atomic E-state index is 12.5. The lowest BCUT2D eigenvalue weighted by Gasteiger charge is -2.31. The first kappa shape index (κ1) is 15.8. The van der Waals surface area contributed by atoms with Gasteiger partial charge in [0.05, 0.1) is 24.9 Å². The van der Waals surface area contributed by atoms with Crippen molar-refractivity contribution in [2.75, 3.05) is 7.11 Å². The van der Waals surface area contributed by atoms with Crippen LogP contribution in [0, 0.1) is 11.3 Å². The van der Waals surface area contributed by atoms with E-state index in [2.05, 4.69) is 5.10 Å². The molecule has 1 aromatic heterocycles. The van der Waals surface area contributed by atoms with Crippen LogP contribution in [-0.4, -0.2) is 28.6 Å². The van der Waals surface area contributed by atoms with Crippen LogP contribution in [0.15, 0.2) is 29.0 Å². The van der Waals surface area contributed by atoms with Gasteiger partial charge in [-0.3, -0.25) is 9.48 Å². The summed E-state index contributed by atoms with van der Waals surface area (Å²) in [6, 6.07) is 2.01. The van der Waals surface area contributed by atoms with Gasteiger partial charge in [-0.15, -0.1) is 0 Å². The molecule has 2 aliphatic rings. The van der Waals surface area contributed by atoms with Gasteiger partial charge >= 0.3 is 5.97 Å². The second-order valence-electron chi connectivity index (χ2n) is 5.60. The van der Waals surface area contributed by atoms with Gasteiger partial charge in [-0.1, -0.05) is 0 Å². The highest BCUT2D eigenvalue weighted by Crippen LogP contribution is 2.44. The van der Waals surface area contributed by atoms with E-state index in [9.17, 15) is 14.9 Å². The number of nitrogens with two attached hydrogens (primary N) is 1. The molecule has 1 aliphatic carbocycles. The number of carbonyl (C=O) groups excluding carboxylic acids is 2. The van der Waals surface area contributed by atoms with E-state index >= 15 is 0 Å². The van der Waals surface area contributed by atoms with E-state index in [1.807, 2.05) is 6.07 Å². The van der Waals surface area contributed by atoms with Gasteiger partial charge in [-0.25, -0.2) is 4.79 Å². The minimum absolute atomic E-state index is 0.0482. The van der Waals surface area contributed by atoms with Crippen molar-refractivity contribution in [1.82, 2.24) is 9.78 Å². The van der Waals surface area contributed by atoms with E-state index in [-0.39, 0.29) is 22.8 Å². The highest BCUT2D eigenvalue weighted by Gasteiger charge is 2.41. The van der Waals surface area contributed by atoms with Crippen molar-refractivity contribution in [2.24, 2.45) is 12.8 Å². The predicted octanol–water partition coefficient (Wildman–Crippen LogP) is 1.02. The molecule has 0 fully saturated rings. The fraction of sp³-hybridized carbons (Fsp3) is 0.375. The number of carbonyl (C=O) groups is 2. The van der Waals surface area contributed by atoms with Crippen LogP contribution >= 0.6 is 0 Å². The second-order valence-corrected chi connectivity index (χ2v) is 5.60. The van der Waals surface area contributed by atoms with Crippen LogP contribution in [0.3, 0.4) is 0 Å². The Kier molecular flexibility index (Phi) is 3.85. The summed E-state index contributed by atoms with van der Waals surface area (Å²) in [6.45, 7) is 0. The van der Waals surface area contributed by atoms with Crippen molar-refractivity contribution in [1.29, 1.82) is 5.26 Å². The van der Waals surface area contributed by atoms with Crippen LogP contribution in [0.4, 0.5) is 0 Å². The SMILES string of the molecule is COC(=O)c1cnn(C)c1C1C(C#N)=C(N)OC2=C1C(=O)CCC2. The van der Waals surface area contributed by atoms with E-state index in [1.165, 1.54) is 18.0 Å². The first-order valence-corrected chi connectivity index (χ1v) is 7.43. The molecular formula is C16H16N4O4. The molecule has 0 radical (unpaired) electrons. The minimum Gasteiger partial charge on any atom is -0.465 e. The molecule has 8 nitrogen and oxygen atoms in total. The standard InChI is InChI=1S/C16H16N4O4/c1-20-14(9(7-19-20)16(22)23-2)12-8(6-17)15(18)24-11-5-3-4-10(21)13(11)12/h7,12H,3-5,18H2,1-2H3. The molecule has 24 heavy (non-hydrogen) atoms. The van der Waals surface area contributed by atoms with E-state index in [4.69, 9.17) is 15.2 Å². The zero-order chi connectivity index (χ0) is 17.4. The number of aromatic nitrogens is 2. The second kappa shape index (κ2) is 5.85. The van der Waals surface area contributed by atoms with Crippen LogP contribution < -0.4 is 5.73 Å². The van der Waals surface area contributed by atoms with Crippen LogP contribution in [0.1, 0.15) is 41.2 Å². The van der Waals surface area contributed by atoms with Gasteiger partial charge < -0.3 is 15.2 Å². The third-order valence-electron chi connectivity index (χ3n) is 4.27. The van der Waals surface area contributed by atoms with Crippen molar-refractivity contribution in [3.8, 4) is 6.07 Å². The molecule has 1 unspecified atom stereocenters. The largest absolute Gasteiger partial charge is 0.465 e. The summed E-state index contributed by atoms with van der Waals surface area (Å²) in [5, 5.41) is 13.6. The Hall–Kier alpha value is -3.08. The summed E-state index contributed by atoms with van der Waals surface area (Å²) >= 11 is 0. The highest BCUT2D eigenvalue weighted by atomic mass is 16.5. The van der Waals surface area contributed by atoms with Crippen molar-refractivity contribution in [3.63, 3.8) is 0 Å². The first-order valence-electron chi connectivity index (χ1n) is 7.43. The molecule has 124 valence electrons. The highest BCUT2D eigenvalue weighted by molar-refractivity contribution is 6.00. The van der Waals surface area contributed by atoms with Gasteiger partial charge in [0, 0.05) is 25.5 Å². The average molecular weight is 328 g/mol. The number of rotatable bonds is 2. The Bertz CT molecular complexity index is 841. The normalized spacial score (nSPS) is 20.4. The molecule has 2 N–H and O–H groups in total. The van der Waals surface area contributed by atoms with Gasteiger partial charge in [0.2, 0.25) is 5.88 Å². The van der Waals surface area contributed by atoms with E-state index in [0.29, 0.717) is 36.3 Å². The Morgan fingerprint density at radius 1 is 1.54 bits per heavy atom. The van der Waals surface area contributed by atoms with Crippen molar-refractivity contribution in [2.45, 2.75) is 25.2 Å². The fourth-order valence-corrected chi connectivity index (χ4v) is 3.19. The van der Waals surface area contributed by atoms with Gasteiger partial charge in [-0.05, 0) is 6.42 Å². The van der Waals surface area contributed by atoms with Crippen molar-refractivity contribution in [3.05, 3.63) is 40.2 Å². The smallest absolute Gasteiger partial charge is 0.341 e. The molecule has 0 aromatic carbocycles. The number of hydrogen-bond acceptors (Lipinski definition) is 7. The topological polar surface area (TPSA) is 120 Å². The molecular weight excluding hydrogens is 312 g/mol. The average Bonchev–Trinajstić information content (AvgIpc) is 2.94. The summed E-state index contributed by atoms with van der Waals surface area (Å²) in [5.74, 6) is -1.07. The summed E-state index contributed by atoms with van der Waals surface area (Å²) in [5.41, 5.74) is 6.95. The number of nitriles is 1. The third kappa shape index (κ3) is 2.25. The van der Waals surface area contributed by atoms with E-state index in [0.717, 1.165) is 0 Å². The fourth-order valence-electron chi connectivity index (χ4n) is 3.19. The lowest BCUT2D eigenvalue weighted by Crippen LogP contribution is -2.29. The van der Waals surface area contributed by atoms with Gasteiger partial charge in [0.25, 0.3) is 0 Å². The number of nitrogens with zero attached hydrogens (tertiary/aromatic N) is 3. The van der Waals surface area contributed by atoms with E-state index < -0.39 is 11.9 Å². The molecule has 1 aromatic rings. The van der Waals surface area contributed by atoms with Gasteiger partial charge in [-0.2, -0.15) is 10.4 Å². The Labute approximate surface area is 138 Å². The summed E-state index contributed by atoms with van der Waals surface area (Å²) in [7, 11) is 2.89. The molecule has 8 heteroatoms. The molecule has 0 saturated carbocycles. The molecule has 0 bridgehead atoms. The van der Waals surface area contributed by atoms with Crippen LogP contribution in [-0.2, 0) is 21.3 Å². The number of esters is 1. The molecule has 2 heterocycles. The zero-order valence-corrected chi connectivity index (χ0v) is 13.3. The number of methoxy groups -OCH3 is 1. The number of ether oxygens (including phenoxy) is 2. The van der Waals surface area contributed by atoms with Crippen LogP contribution in [0.5, 0.6) is 0 Å². The van der Waals surface area contributed by atoms with E-state index in [1.54, 1.807) is 7.05 Å². The first-order chi connectivity index (χ1) is 11.5. The number of allylic oxidation sites excluding steroid dienone is 3. The quantitative estimate of drug-likeness (QED) is 0.805. The number of hydrogen-bond donors (Lipinski definition) is 1.